The van der Waals surface area contributed by atoms with Crippen LogP contribution in [-0.2, 0) is 0 Å². The quantitative estimate of drug-likeness (QED) is 0.833. The van der Waals surface area contributed by atoms with E-state index in [0.29, 0.717) is 0 Å². The van der Waals surface area contributed by atoms with Crippen LogP contribution in [0.1, 0.15) is 6.92 Å². The Morgan fingerprint density at radius 2 is 1.76 bits per heavy atom. The smallest absolute Gasteiger partial charge is 0.238 e. The van der Waals surface area contributed by atoms with Crippen molar-refractivity contribution in [3.63, 3.8) is 0 Å². The Kier molecular flexibility index (Phi) is 3.84. The van der Waals surface area contributed by atoms with Gasteiger partial charge in [-0.2, -0.15) is 0 Å². The van der Waals surface area contributed by atoms with Crippen LogP contribution in [0.3, 0.4) is 0 Å². The molecule has 0 saturated heterocycles. The molecule has 0 saturated carbocycles. The minimum absolute atomic E-state index is 0.722. The standard InChI is InChI=1S/C17H14ClN3/c1-13-14(11-19-16-5-3-2-4-6-16)12-21(20-13)17-9-7-15(18)8-10-17/h2-12H,1H3/p+1. The van der Waals surface area contributed by atoms with Crippen molar-refractivity contribution in [2.24, 2.45) is 5.10 Å². The van der Waals surface area contributed by atoms with E-state index in [9.17, 15) is 0 Å². The second kappa shape index (κ2) is 5.94. The molecule has 0 spiro atoms. The van der Waals surface area contributed by atoms with E-state index in [4.69, 9.17) is 11.6 Å². The topological polar surface area (TPSA) is 27.4 Å². The summed E-state index contributed by atoms with van der Waals surface area (Å²) in [7, 11) is 0. The van der Waals surface area contributed by atoms with Gasteiger partial charge >= 0.3 is 0 Å². The van der Waals surface area contributed by atoms with Crippen LogP contribution in [0.4, 0.5) is 11.4 Å². The molecule has 0 bridgehead atoms. The Morgan fingerprint density at radius 1 is 1.05 bits per heavy atom. The molecule has 0 unspecified atom stereocenters. The average molecular weight is 297 g/mol. The van der Waals surface area contributed by atoms with Gasteiger partial charge in [0, 0.05) is 34.1 Å². The Labute approximate surface area is 128 Å². The van der Waals surface area contributed by atoms with Gasteiger partial charge < -0.3 is 5.32 Å². The fourth-order valence-corrected chi connectivity index (χ4v) is 2.16. The summed E-state index contributed by atoms with van der Waals surface area (Å²) in [4.78, 5) is 0. The average Bonchev–Trinajstić information content (AvgIpc) is 2.88. The summed E-state index contributed by atoms with van der Waals surface area (Å²) in [5.41, 5.74) is 4.06. The molecule has 104 valence electrons. The van der Waals surface area contributed by atoms with Crippen molar-refractivity contribution >= 4 is 34.9 Å². The first-order valence-corrected chi connectivity index (χ1v) is 7.07. The number of hydrogen-bond donors (Lipinski definition) is 1. The molecule has 3 rings (SSSR count). The van der Waals surface area contributed by atoms with Crippen molar-refractivity contribution < 1.29 is 4.68 Å². The lowest BCUT2D eigenvalue weighted by atomic mass is 10.2. The first-order chi connectivity index (χ1) is 10.2. The lowest BCUT2D eigenvalue weighted by Crippen LogP contribution is -1.98. The summed E-state index contributed by atoms with van der Waals surface area (Å²) in [5.74, 6) is 0. The van der Waals surface area contributed by atoms with Gasteiger partial charge in [-0.3, -0.25) is 0 Å². The van der Waals surface area contributed by atoms with Crippen molar-refractivity contribution in [2.45, 2.75) is 6.92 Å². The molecule has 1 aliphatic heterocycles. The Bertz CT molecular complexity index is 728. The molecular formula is C17H15ClN3+. The summed E-state index contributed by atoms with van der Waals surface area (Å²) < 4.78 is 1.85. The lowest BCUT2D eigenvalue weighted by Gasteiger charge is -1.99. The van der Waals surface area contributed by atoms with Gasteiger partial charge in [-0.1, -0.05) is 34.5 Å². The zero-order chi connectivity index (χ0) is 14.7. The molecule has 3 nitrogen and oxygen atoms in total. The zero-order valence-electron chi connectivity index (χ0n) is 11.6. The third-order valence-electron chi connectivity index (χ3n) is 3.20. The van der Waals surface area contributed by atoms with Gasteiger partial charge in [-0.05, 0) is 31.2 Å². The molecule has 4 heteroatoms. The fourth-order valence-electron chi connectivity index (χ4n) is 2.04. The first kappa shape index (κ1) is 13.6. The van der Waals surface area contributed by atoms with Crippen LogP contribution in [-0.4, -0.2) is 16.6 Å². The van der Waals surface area contributed by atoms with Gasteiger partial charge in [0.25, 0.3) is 0 Å². The van der Waals surface area contributed by atoms with E-state index in [1.165, 1.54) is 0 Å². The number of halogens is 1. The molecule has 1 aliphatic rings. The number of para-hydroxylation sites is 1. The number of hydrogen-bond acceptors (Lipinski definition) is 2. The SMILES string of the molecule is CC1=N[N+](c2ccc(Cl)cc2)=CC1=CNc1ccccc1. The molecule has 0 aliphatic carbocycles. The highest BCUT2D eigenvalue weighted by atomic mass is 35.5. The Balaban J connectivity index is 1.82. The van der Waals surface area contributed by atoms with Gasteiger partial charge in [0.1, 0.15) is 5.71 Å². The largest absolute Gasteiger partial charge is 0.361 e. The van der Waals surface area contributed by atoms with Crippen molar-refractivity contribution in [1.29, 1.82) is 0 Å². The summed E-state index contributed by atoms with van der Waals surface area (Å²) in [6, 6.07) is 17.7. The van der Waals surface area contributed by atoms with Crippen LogP contribution in [0.5, 0.6) is 0 Å². The number of allylic oxidation sites excluding steroid dienone is 1. The number of anilines is 1. The van der Waals surface area contributed by atoms with Crippen molar-refractivity contribution in [3.8, 4) is 0 Å². The molecule has 0 radical (unpaired) electrons. The van der Waals surface area contributed by atoms with Gasteiger partial charge in [-0.15, -0.1) is 0 Å². The molecule has 2 aromatic rings. The third-order valence-corrected chi connectivity index (χ3v) is 3.45. The van der Waals surface area contributed by atoms with Crippen molar-refractivity contribution in [1.82, 2.24) is 0 Å². The molecule has 21 heavy (non-hydrogen) atoms. The predicted molar refractivity (Wildman–Crippen MR) is 88.7 cm³/mol. The van der Waals surface area contributed by atoms with Gasteiger partial charge in [0.05, 0.1) is 5.57 Å². The third kappa shape index (κ3) is 3.20. The summed E-state index contributed by atoms with van der Waals surface area (Å²) in [6.45, 7) is 1.99. The second-order valence-electron chi connectivity index (χ2n) is 4.75. The van der Waals surface area contributed by atoms with Crippen LogP contribution in [0.15, 0.2) is 71.5 Å². The molecule has 2 aromatic carbocycles. The van der Waals surface area contributed by atoms with E-state index in [1.54, 1.807) is 0 Å². The van der Waals surface area contributed by atoms with E-state index < -0.39 is 0 Å². The maximum Gasteiger partial charge on any atom is 0.238 e. The molecule has 1 N–H and O–H groups in total. The highest BCUT2D eigenvalue weighted by molar-refractivity contribution is 6.30. The van der Waals surface area contributed by atoms with Crippen LogP contribution in [0, 0.1) is 0 Å². The minimum Gasteiger partial charge on any atom is -0.361 e. The summed E-state index contributed by atoms with van der Waals surface area (Å²) in [5, 5.41) is 8.52. The normalized spacial score (nSPS) is 15.8. The highest BCUT2D eigenvalue weighted by Crippen LogP contribution is 2.19. The maximum atomic E-state index is 5.91. The van der Waals surface area contributed by atoms with Crippen molar-refractivity contribution in [3.05, 3.63) is 71.4 Å². The Hall–Kier alpha value is -2.39. The molecule has 1 heterocycles. The molecule has 0 amide bonds. The summed E-state index contributed by atoms with van der Waals surface area (Å²) >= 11 is 5.91. The van der Waals surface area contributed by atoms with E-state index in [0.717, 1.165) is 27.7 Å². The number of rotatable bonds is 3. The number of nitrogens with one attached hydrogen (secondary N) is 1. The van der Waals surface area contributed by atoms with Gasteiger partial charge in [-0.25, -0.2) is 0 Å². The predicted octanol–water partition coefficient (Wildman–Crippen LogP) is 4.44. The molecule has 0 fully saturated rings. The van der Waals surface area contributed by atoms with Gasteiger partial charge in [0.2, 0.25) is 11.9 Å². The lowest BCUT2D eigenvalue weighted by molar-refractivity contribution is -0.436. The van der Waals surface area contributed by atoms with Crippen LogP contribution >= 0.6 is 11.6 Å². The summed E-state index contributed by atoms with van der Waals surface area (Å²) in [6.07, 6.45) is 3.96. The van der Waals surface area contributed by atoms with E-state index in [2.05, 4.69) is 10.4 Å². The number of benzene rings is 2. The number of nitrogens with zero attached hydrogens (tertiary/aromatic N) is 2. The molecule has 0 aromatic heterocycles. The van der Waals surface area contributed by atoms with Gasteiger partial charge in [0.15, 0.2) is 0 Å². The van der Waals surface area contributed by atoms with Crippen LogP contribution in [0.2, 0.25) is 5.02 Å². The Morgan fingerprint density at radius 3 is 2.48 bits per heavy atom. The van der Waals surface area contributed by atoms with Crippen LogP contribution < -0.4 is 5.32 Å². The first-order valence-electron chi connectivity index (χ1n) is 6.69. The zero-order valence-corrected chi connectivity index (χ0v) is 12.4. The van der Waals surface area contributed by atoms with Crippen molar-refractivity contribution in [2.75, 3.05) is 5.32 Å². The van der Waals surface area contributed by atoms with E-state index in [-0.39, 0.29) is 0 Å². The fraction of sp³-hybridized carbons (Fsp3) is 0.0588. The second-order valence-corrected chi connectivity index (χ2v) is 5.18. The monoisotopic (exact) mass is 296 g/mol. The van der Waals surface area contributed by atoms with Crippen LogP contribution in [0.25, 0.3) is 0 Å². The minimum atomic E-state index is 0.722. The van der Waals surface area contributed by atoms with E-state index >= 15 is 0 Å². The van der Waals surface area contributed by atoms with E-state index in [1.807, 2.05) is 78.6 Å². The highest BCUT2D eigenvalue weighted by Gasteiger charge is 2.20. The molecule has 0 atom stereocenters. The molecular weight excluding hydrogens is 282 g/mol. The maximum absolute atomic E-state index is 5.91. The number of hydrazone groups is 1.